The Morgan fingerprint density at radius 1 is 0.415 bits per heavy atom. The van der Waals surface area contributed by atoms with E-state index in [1.807, 2.05) is 117 Å². The number of nitrogens with zero attached hydrogens (tertiary/aromatic N) is 2. The van der Waals surface area contributed by atoms with Crippen molar-refractivity contribution in [2.75, 3.05) is 19.8 Å². The molecule has 0 spiro atoms. The maximum atomic E-state index is 12.8. The Kier molecular flexibility index (Phi) is 16.4. The lowest BCUT2D eigenvalue weighted by Crippen LogP contribution is -2.48. The van der Waals surface area contributed by atoms with Gasteiger partial charge in [0.2, 0.25) is 12.4 Å². The number of carbonyl (C=O) groups excluding carboxylic acids is 2. The maximum absolute atomic E-state index is 12.8. The smallest absolute Gasteiger partial charge is 0.414 e. The molecule has 0 atom stereocenters. The normalized spacial score (nSPS) is 11.3. The van der Waals surface area contributed by atoms with Crippen LogP contribution in [0.15, 0.2) is 249 Å². The fourth-order valence-electron chi connectivity index (χ4n) is 11.2. The average molecular weight is 1080 g/mol. The molecule has 2 heterocycles. The van der Waals surface area contributed by atoms with Gasteiger partial charge in [0, 0.05) is 67.3 Å². The standard InChI is InChI=1S/2C24H18NO3.C22H21BO3/c2*1-2-27-25-15-4-3-8-20(25)24(26)28-21-14-12-18-10-9-16-6-5-7-17-11-13-19(21)23(18)22(16)17;24-23(25)26-18-10-17-22(19-11-4-1-5-12-19,20-13-6-2-7-14-20)21-15-8-3-9-16-21/h2*3-15H,2H2,1H3;1-9,11-16H,10,17-18H2/q2*+1;-2. The Balaban J connectivity index is 0.000000129. The van der Waals surface area contributed by atoms with Crippen LogP contribution in [-0.4, -0.2) is 39.1 Å². The highest BCUT2D eigenvalue weighted by Gasteiger charge is 2.35. The molecular weight excluding hydrogens is 1020 g/mol. The van der Waals surface area contributed by atoms with Crippen LogP contribution in [0.5, 0.6) is 11.5 Å². The van der Waals surface area contributed by atoms with Crippen LogP contribution in [0.4, 0.5) is 0 Å². The Morgan fingerprint density at radius 2 is 0.768 bits per heavy atom. The van der Waals surface area contributed by atoms with E-state index < -0.39 is 19.3 Å². The highest BCUT2D eigenvalue weighted by molar-refractivity contribution is 6.28. The highest BCUT2D eigenvalue weighted by Crippen LogP contribution is 2.44. The van der Waals surface area contributed by atoms with Crippen molar-refractivity contribution in [1.29, 1.82) is 0 Å². The summed E-state index contributed by atoms with van der Waals surface area (Å²) in [5.41, 5.74) is 3.86. The van der Waals surface area contributed by atoms with Crippen LogP contribution in [0.25, 0.3) is 64.6 Å². The third kappa shape index (κ3) is 11.1. The number of benzene rings is 11. The van der Waals surface area contributed by atoms with Gasteiger partial charge in [-0.25, -0.2) is 9.59 Å². The van der Waals surface area contributed by atoms with Crippen molar-refractivity contribution in [3.05, 3.63) is 277 Å². The zero-order chi connectivity index (χ0) is 56.4. The summed E-state index contributed by atoms with van der Waals surface area (Å²) in [4.78, 5) is 36.7. The second-order valence-corrected chi connectivity index (χ2v) is 19.5. The zero-order valence-electron chi connectivity index (χ0n) is 45.4. The minimum atomic E-state index is -2.23. The van der Waals surface area contributed by atoms with Crippen LogP contribution >= 0.6 is 0 Å². The number of ether oxygens (including phenoxy) is 2. The van der Waals surface area contributed by atoms with E-state index in [-0.39, 0.29) is 12.0 Å². The average Bonchev–Trinajstić information content (AvgIpc) is 3.63. The van der Waals surface area contributed by atoms with Crippen molar-refractivity contribution in [1.82, 2.24) is 0 Å². The van der Waals surface area contributed by atoms with E-state index in [1.54, 1.807) is 36.7 Å². The van der Waals surface area contributed by atoms with Crippen LogP contribution < -0.4 is 38.7 Å². The van der Waals surface area contributed by atoms with Crippen LogP contribution in [0.2, 0.25) is 0 Å². The Bertz CT molecular complexity index is 3960. The molecule has 0 fully saturated rings. The van der Waals surface area contributed by atoms with E-state index in [9.17, 15) is 19.6 Å². The first kappa shape index (κ1) is 54.3. The van der Waals surface area contributed by atoms with Gasteiger partial charge in [-0.3, -0.25) is 9.68 Å². The zero-order valence-corrected chi connectivity index (χ0v) is 45.4. The number of aromatic nitrogens is 2. The molecule has 0 saturated carbocycles. The lowest BCUT2D eigenvalue weighted by atomic mass is 9.67. The molecule has 0 saturated heterocycles. The summed E-state index contributed by atoms with van der Waals surface area (Å²) in [5, 5.41) is 34.8. The molecule has 0 bridgehead atoms. The number of hydrogen-bond acceptors (Lipinski definition) is 9. The first-order valence-corrected chi connectivity index (χ1v) is 27.4. The van der Waals surface area contributed by atoms with Crippen LogP contribution in [0.1, 0.15) is 64.4 Å². The molecule has 0 N–H and O–H groups in total. The molecular formula is C70H57BN2O9. The van der Waals surface area contributed by atoms with Gasteiger partial charge in [0.1, 0.15) is 11.5 Å². The predicted octanol–water partition coefficient (Wildman–Crippen LogP) is 11.6. The summed E-state index contributed by atoms with van der Waals surface area (Å²) in [6.45, 7) is 4.80. The Hall–Kier alpha value is -9.72. The van der Waals surface area contributed by atoms with Crippen molar-refractivity contribution in [2.24, 2.45) is 0 Å². The summed E-state index contributed by atoms with van der Waals surface area (Å²) in [6, 6.07) is 78.5. The largest absolute Gasteiger partial charge is 0.871 e. The first-order valence-electron chi connectivity index (χ1n) is 27.4. The van der Waals surface area contributed by atoms with Gasteiger partial charge < -0.3 is 24.2 Å². The number of rotatable bonds is 16. The molecule has 13 rings (SSSR count). The monoisotopic (exact) mass is 1080 g/mol. The molecule has 0 unspecified atom stereocenters. The molecule has 0 amide bonds. The fourth-order valence-corrected chi connectivity index (χ4v) is 11.2. The molecule has 12 heteroatoms. The second kappa shape index (κ2) is 24.7. The van der Waals surface area contributed by atoms with E-state index in [0.29, 0.717) is 42.5 Å². The molecule has 404 valence electrons. The first-order chi connectivity index (χ1) is 40.2. The number of esters is 2. The van der Waals surface area contributed by atoms with E-state index in [0.717, 1.165) is 38.7 Å². The van der Waals surface area contributed by atoms with Gasteiger partial charge in [0.05, 0.1) is 7.32 Å². The number of carbonyl (C=O) groups is 2. The summed E-state index contributed by atoms with van der Waals surface area (Å²) in [5.74, 6) is 0.179. The lowest BCUT2D eigenvalue weighted by molar-refractivity contribution is -0.892. The summed E-state index contributed by atoms with van der Waals surface area (Å²) >= 11 is 0. The quantitative estimate of drug-likeness (QED) is 0.0176. The molecule has 11 nitrogen and oxygen atoms in total. The molecule has 82 heavy (non-hydrogen) atoms. The molecule has 0 radical (unpaired) electrons. The van der Waals surface area contributed by atoms with Gasteiger partial charge >= 0.3 is 23.3 Å². The molecule has 13 aromatic rings. The van der Waals surface area contributed by atoms with Gasteiger partial charge in [-0.1, -0.05) is 176 Å². The SMILES string of the molecule is CCO[n+]1ccccc1C(=O)Oc1ccc2ccc3cccc4ccc1c2c34.CCO[n+]1ccccc1C(=O)Oc1ccc2ccc3cccc4ccc1c2c34.[O-]B([O-])OCCCC(c1ccccc1)(c1ccccc1)c1ccccc1. The number of pyridine rings is 2. The minimum Gasteiger partial charge on any atom is -0.871 e. The van der Waals surface area contributed by atoms with Crippen molar-refractivity contribution >= 4 is 83.9 Å². The van der Waals surface area contributed by atoms with Gasteiger partial charge in [-0.05, 0) is 123 Å². The van der Waals surface area contributed by atoms with Gasteiger partial charge in [-0.2, -0.15) is 0 Å². The van der Waals surface area contributed by atoms with Gasteiger partial charge in [0.25, 0.3) is 0 Å². The van der Waals surface area contributed by atoms with Crippen LogP contribution in [0.3, 0.4) is 0 Å². The van der Waals surface area contributed by atoms with Crippen LogP contribution in [-0.2, 0) is 10.1 Å². The van der Waals surface area contributed by atoms with Crippen LogP contribution in [0, 0.1) is 0 Å². The van der Waals surface area contributed by atoms with Gasteiger partial charge in [-0.15, -0.1) is 0 Å². The van der Waals surface area contributed by atoms with E-state index in [1.165, 1.54) is 58.5 Å². The second-order valence-electron chi connectivity index (χ2n) is 19.5. The molecule has 0 aliphatic heterocycles. The Labute approximate surface area is 475 Å². The van der Waals surface area contributed by atoms with Crippen molar-refractivity contribution in [3.63, 3.8) is 0 Å². The van der Waals surface area contributed by atoms with Gasteiger partial charge in [0.15, 0.2) is 13.2 Å². The van der Waals surface area contributed by atoms with Crippen molar-refractivity contribution in [3.8, 4) is 11.5 Å². The fraction of sp³-hybridized carbons (Fsp3) is 0.114. The van der Waals surface area contributed by atoms with E-state index in [4.69, 9.17) is 23.8 Å². The van der Waals surface area contributed by atoms with Crippen molar-refractivity contribution < 1.29 is 52.9 Å². The Morgan fingerprint density at radius 3 is 1.15 bits per heavy atom. The molecule has 0 aliphatic rings. The third-order valence-corrected chi connectivity index (χ3v) is 14.7. The lowest BCUT2D eigenvalue weighted by Gasteiger charge is -2.37. The highest BCUT2D eigenvalue weighted by atomic mass is 16.7. The third-order valence-electron chi connectivity index (χ3n) is 14.7. The minimum absolute atomic E-state index is 0.159. The topological polar surface area (TPSA) is 134 Å². The van der Waals surface area contributed by atoms with E-state index in [2.05, 4.69) is 109 Å². The summed E-state index contributed by atoms with van der Waals surface area (Å²) < 4.78 is 19.2. The summed E-state index contributed by atoms with van der Waals surface area (Å²) in [7, 11) is -2.23. The summed E-state index contributed by atoms with van der Waals surface area (Å²) in [6.07, 6.45) is 4.74. The predicted molar refractivity (Wildman–Crippen MR) is 318 cm³/mol. The van der Waals surface area contributed by atoms with Crippen molar-refractivity contribution in [2.45, 2.75) is 32.1 Å². The molecule has 11 aromatic carbocycles. The molecule has 2 aromatic heterocycles. The number of hydrogen-bond donors (Lipinski definition) is 0. The molecule has 0 aliphatic carbocycles. The maximum Gasteiger partial charge on any atom is 0.414 e. The van der Waals surface area contributed by atoms with E-state index >= 15 is 0 Å².